The molecule has 0 radical (unpaired) electrons. The molecule has 226 valence electrons. The van der Waals surface area contributed by atoms with Crippen molar-refractivity contribution in [2.45, 2.75) is 18.9 Å². The van der Waals surface area contributed by atoms with Crippen molar-refractivity contribution < 1.29 is 19.1 Å². The lowest BCUT2D eigenvalue weighted by atomic mass is 10.1. The van der Waals surface area contributed by atoms with Crippen molar-refractivity contribution in [2.75, 3.05) is 54.9 Å². The van der Waals surface area contributed by atoms with Crippen LogP contribution in [0.2, 0.25) is 0 Å². The van der Waals surface area contributed by atoms with Crippen LogP contribution < -0.4 is 26.0 Å². The van der Waals surface area contributed by atoms with Crippen molar-refractivity contribution in [3.63, 3.8) is 0 Å². The van der Waals surface area contributed by atoms with Gasteiger partial charge in [-0.15, -0.1) is 10.2 Å². The van der Waals surface area contributed by atoms with Crippen LogP contribution in [0.5, 0.6) is 11.5 Å². The average Bonchev–Trinajstić information content (AvgIpc) is 3.06. The normalized spacial score (nSPS) is 16.7. The van der Waals surface area contributed by atoms with Gasteiger partial charge in [0, 0.05) is 49.2 Å². The van der Waals surface area contributed by atoms with Gasteiger partial charge in [0.1, 0.15) is 11.5 Å². The SMILES string of the molecule is NC(=O)c1nnc(N2CCCC(Nc3ccc(Oc4ccccc4)cc3)C2)nc1Nc1ccc(C(=O)N2CCOCC2)cc1. The number of para-hydroxylation sites is 1. The quantitative estimate of drug-likeness (QED) is 0.259. The van der Waals surface area contributed by atoms with Gasteiger partial charge in [0.2, 0.25) is 5.95 Å². The summed E-state index contributed by atoms with van der Waals surface area (Å²) in [4.78, 5) is 33.4. The fourth-order valence-corrected chi connectivity index (χ4v) is 5.24. The number of primary amides is 1. The molecule has 0 bridgehead atoms. The van der Waals surface area contributed by atoms with Crippen LogP contribution in [0.1, 0.15) is 33.7 Å². The smallest absolute Gasteiger partial charge is 0.273 e. The van der Waals surface area contributed by atoms with Gasteiger partial charge in [0.15, 0.2) is 11.5 Å². The number of nitrogens with one attached hydrogen (secondary N) is 2. The van der Waals surface area contributed by atoms with E-state index in [9.17, 15) is 9.59 Å². The van der Waals surface area contributed by atoms with E-state index in [-0.39, 0.29) is 23.5 Å². The molecule has 0 saturated carbocycles. The molecule has 2 amide bonds. The fraction of sp³-hybridized carbons (Fsp3) is 0.281. The largest absolute Gasteiger partial charge is 0.457 e. The average molecular weight is 595 g/mol. The topological polar surface area (TPSA) is 148 Å². The minimum absolute atomic E-state index is 0.0478. The molecular formula is C32H34N8O4. The van der Waals surface area contributed by atoms with Crippen LogP contribution >= 0.6 is 0 Å². The molecule has 3 aromatic carbocycles. The molecule has 2 fully saturated rings. The highest BCUT2D eigenvalue weighted by atomic mass is 16.5. The highest BCUT2D eigenvalue weighted by Crippen LogP contribution is 2.26. The van der Waals surface area contributed by atoms with Gasteiger partial charge in [0.25, 0.3) is 11.8 Å². The first-order chi connectivity index (χ1) is 21.5. The molecule has 3 heterocycles. The lowest BCUT2D eigenvalue weighted by molar-refractivity contribution is 0.0303. The van der Waals surface area contributed by atoms with Gasteiger partial charge >= 0.3 is 0 Å². The fourth-order valence-electron chi connectivity index (χ4n) is 5.24. The predicted molar refractivity (Wildman–Crippen MR) is 167 cm³/mol. The Hall–Kier alpha value is -5.23. The Balaban J connectivity index is 1.11. The van der Waals surface area contributed by atoms with Gasteiger partial charge in [-0.1, -0.05) is 18.2 Å². The maximum absolute atomic E-state index is 12.8. The zero-order valence-corrected chi connectivity index (χ0v) is 24.2. The van der Waals surface area contributed by atoms with Crippen LogP contribution in [-0.4, -0.2) is 77.3 Å². The zero-order chi connectivity index (χ0) is 30.3. The van der Waals surface area contributed by atoms with Crippen LogP contribution in [0.4, 0.5) is 23.1 Å². The van der Waals surface area contributed by atoms with Crippen LogP contribution in [0.3, 0.4) is 0 Å². The molecular weight excluding hydrogens is 560 g/mol. The minimum Gasteiger partial charge on any atom is -0.457 e. The number of rotatable bonds is 9. The van der Waals surface area contributed by atoms with Crippen LogP contribution in [0.25, 0.3) is 0 Å². The molecule has 0 spiro atoms. The molecule has 1 aromatic heterocycles. The second-order valence-corrected chi connectivity index (χ2v) is 10.6. The first-order valence-corrected chi connectivity index (χ1v) is 14.6. The van der Waals surface area contributed by atoms with Crippen molar-refractivity contribution in [1.29, 1.82) is 0 Å². The number of hydrogen-bond donors (Lipinski definition) is 3. The van der Waals surface area contributed by atoms with Gasteiger partial charge in [-0.3, -0.25) is 9.59 Å². The number of amides is 2. The van der Waals surface area contributed by atoms with Crippen molar-refractivity contribution >= 4 is 35.0 Å². The Kier molecular flexibility index (Phi) is 8.78. The highest BCUT2D eigenvalue weighted by molar-refractivity contribution is 5.97. The lowest BCUT2D eigenvalue weighted by Crippen LogP contribution is -2.43. The summed E-state index contributed by atoms with van der Waals surface area (Å²) in [6, 6.07) is 24.7. The van der Waals surface area contributed by atoms with Gasteiger partial charge in [0.05, 0.1) is 13.2 Å². The number of piperidine rings is 1. The van der Waals surface area contributed by atoms with Gasteiger partial charge in [-0.25, -0.2) is 0 Å². The summed E-state index contributed by atoms with van der Waals surface area (Å²) in [7, 11) is 0. The van der Waals surface area contributed by atoms with E-state index in [1.54, 1.807) is 29.2 Å². The van der Waals surface area contributed by atoms with Crippen molar-refractivity contribution in [3.05, 3.63) is 90.1 Å². The van der Waals surface area contributed by atoms with E-state index < -0.39 is 5.91 Å². The van der Waals surface area contributed by atoms with Crippen molar-refractivity contribution in [2.24, 2.45) is 5.73 Å². The van der Waals surface area contributed by atoms with Crippen molar-refractivity contribution in [3.8, 4) is 11.5 Å². The van der Waals surface area contributed by atoms with E-state index in [1.165, 1.54) is 0 Å². The van der Waals surface area contributed by atoms with Crippen molar-refractivity contribution in [1.82, 2.24) is 20.1 Å². The number of benzene rings is 3. The number of nitrogens with zero attached hydrogens (tertiary/aromatic N) is 5. The number of hydrogen-bond acceptors (Lipinski definition) is 10. The van der Waals surface area contributed by atoms with Gasteiger partial charge in [-0.05, 0) is 73.5 Å². The first-order valence-electron chi connectivity index (χ1n) is 14.6. The van der Waals surface area contributed by atoms with Crippen LogP contribution in [0, 0.1) is 0 Å². The molecule has 1 unspecified atom stereocenters. The van der Waals surface area contributed by atoms with Crippen LogP contribution in [0.15, 0.2) is 78.9 Å². The molecule has 0 aliphatic carbocycles. The second kappa shape index (κ2) is 13.4. The third kappa shape index (κ3) is 7.04. The number of nitrogens with two attached hydrogens (primary N) is 1. The Morgan fingerprint density at radius 3 is 2.30 bits per heavy atom. The predicted octanol–water partition coefficient (Wildman–Crippen LogP) is 4.06. The second-order valence-electron chi connectivity index (χ2n) is 10.6. The van der Waals surface area contributed by atoms with E-state index in [0.29, 0.717) is 50.0 Å². The molecule has 44 heavy (non-hydrogen) atoms. The summed E-state index contributed by atoms with van der Waals surface area (Å²) in [6.45, 7) is 3.61. The maximum Gasteiger partial charge on any atom is 0.273 e. The maximum atomic E-state index is 12.8. The molecule has 12 heteroatoms. The number of ether oxygens (including phenoxy) is 2. The summed E-state index contributed by atoms with van der Waals surface area (Å²) in [5.74, 6) is 1.37. The molecule has 2 saturated heterocycles. The lowest BCUT2D eigenvalue weighted by Gasteiger charge is -2.33. The van der Waals surface area contributed by atoms with E-state index in [1.807, 2.05) is 59.5 Å². The molecule has 1 atom stereocenters. The summed E-state index contributed by atoms with van der Waals surface area (Å²) >= 11 is 0. The zero-order valence-electron chi connectivity index (χ0n) is 24.2. The Morgan fingerprint density at radius 1 is 0.864 bits per heavy atom. The number of anilines is 4. The van der Waals surface area contributed by atoms with Gasteiger partial charge < -0.3 is 35.6 Å². The summed E-state index contributed by atoms with van der Waals surface area (Å²) in [5.41, 5.74) is 7.72. The molecule has 12 nitrogen and oxygen atoms in total. The summed E-state index contributed by atoms with van der Waals surface area (Å²) in [5, 5.41) is 15.1. The van der Waals surface area contributed by atoms with Crippen LogP contribution in [-0.2, 0) is 4.74 Å². The summed E-state index contributed by atoms with van der Waals surface area (Å²) < 4.78 is 11.2. The number of morpholine rings is 1. The highest BCUT2D eigenvalue weighted by Gasteiger charge is 2.25. The number of aromatic nitrogens is 3. The first kappa shape index (κ1) is 28.9. The Morgan fingerprint density at radius 2 is 1.57 bits per heavy atom. The van der Waals surface area contributed by atoms with E-state index in [4.69, 9.17) is 15.2 Å². The Bertz CT molecular complexity index is 1580. The monoisotopic (exact) mass is 594 g/mol. The van der Waals surface area contributed by atoms with Gasteiger partial charge in [-0.2, -0.15) is 4.98 Å². The molecule has 2 aliphatic rings. The number of carbonyl (C=O) groups excluding carboxylic acids is 2. The Labute approximate surface area is 255 Å². The molecule has 2 aliphatic heterocycles. The minimum atomic E-state index is -0.740. The summed E-state index contributed by atoms with van der Waals surface area (Å²) in [6.07, 6.45) is 1.90. The third-order valence-electron chi connectivity index (χ3n) is 7.51. The van der Waals surface area contributed by atoms with E-state index in [0.717, 1.165) is 36.6 Å². The molecule has 4 N–H and O–H groups in total. The van der Waals surface area contributed by atoms with E-state index >= 15 is 0 Å². The third-order valence-corrected chi connectivity index (χ3v) is 7.51. The van der Waals surface area contributed by atoms with E-state index in [2.05, 4.69) is 25.8 Å². The number of carbonyl (C=O) groups is 2. The molecule has 4 aromatic rings. The standard InChI is InChI=1S/C32H34N8O4/c33-29(41)28-30(35-24-10-8-22(9-11-24)31(42)39-17-19-43-20-18-39)36-32(38-37-28)40-16-4-5-25(21-40)34-23-12-14-27(15-13-23)44-26-6-2-1-3-7-26/h1-3,6-15,25,34H,4-5,16-21H2,(H2,33,41)(H,35,36,38). The molecule has 6 rings (SSSR count).